The Balaban J connectivity index is 1.29. The number of halogens is 1. The van der Waals surface area contributed by atoms with Crippen LogP contribution in [0.4, 0.5) is 4.39 Å². The van der Waals surface area contributed by atoms with Crippen LogP contribution in [0.5, 0.6) is 0 Å². The van der Waals surface area contributed by atoms with Crippen LogP contribution >= 0.6 is 0 Å². The lowest BCUT2D eigenvalue weighted by molar-refractivity contribution is 0.0948. The second-order valence-electron chi connectivity index (χ2n) is 8.03. The molecule has 2 aromatic carbocycles. The zero-order valence-electron chi connectivity index (χ0n) is 18.0. The van der Waals surface area contributed by atoms with Crippen LogP contribution in [0.25, 0.3) is 0 Å². The summed E-state index contributed by atoms with van der Waals surface area (Å²) in [6.45, 7) is 1.55. The smallest absolute Gasteiger partial charge is 0.251 e. The Hall–Kier alpha value is -3.61. The number of furan rings is 1. The van der Waals surface area contributed by atoms with Gasteiger partial charge in [0.2, 0.25) is 0 Å². The van der Waals surface area contributed by atoms with Crippen molar-refractivity contribution in [2.45, 2.75) is 31.3 Å². The number of carbonyl (C=O) groups excluding carboxylic acids is 1. The molecule has 6 nitrogen and oxygen atoms in total. The van der Waals surface area contributed by atoms with E-state index in [9.17, 15) is 9.18 Å². The first-order chi connectivity index (χ1) is 15.6. The molecule has 1 fully saturated rings. The summed E-state index contributed by atoms with van der Waals surface area (Å²) in [6.07, 6.45) is 3.63. The second kappa shape index (κ2) is 9.68. The monoisotopic (exact) mass is 434 g/mol. The molecule has 1 aromatic heterocycles. The van der Waals surface area contributed by atoms with Gasteiger partial charge in [-0.1, -0.05) is 24.3 Å². The van der Waals surface area contributed by atoms with E-state index in [1.54, 1.807) is 37.6 Å². The van der Waals surface area contributed by atoms with E-state index < -0.39 is 0 Å². The quantitative estimate of drug-likeness (QED) is 0.373. The van der Waals surface area contributed by atoms with E-state index in [-0.39, 0.29) is 17.1 Å². The molecule has 1 aliphatic rings. The second-order valence-corrected chi connectivity index (χ2v) is 8.03. The van der Waals surface area contributed by atoms with Crippen LogP contribution in [-0.2, 0) is 18.5 Å². The number of hydrogen-bond acceptors (Lipinski definition) is 3. The lowest BCUT2D eigenvalue weighted by atomic mass is 9.96. The predicted molar refractivity (Wildman–Crippen MR) is 122 cm³/mol. The number of nitrogens with zero attached hydrogens (tertiary/aromatic N) is 1. The molecule has 4 rings (SSSR count). The van der Waals surface area contributed by atoms with E-state index in [1.165, 1.54) is 6.07 Å². The summed E-state index contributed by atoms with van der Waals surface area (Å²) >= 11 is 0. The van der Waals surface area contributed by atoms with E-state index in [4.69, 9.17) is 4.42 Å². The van der Waals surface area contributed by atoms with E-state index in [0.29, 0.717) is 36.9 Å². The third-order valence-electron chi connectivity index (χ3n) is 5.76. The summed E-state index contributed by atoms with van der Waals surface area (Å²) < 4.78 is 18.9. The van der Waals surface area contributed by atoms with Crippen molar-refractivity contribution in [1.29, 1.82) is 0 Å². The summed E-state index contributed by atoms with van der Waals surface area (Å²) in [6, 6.07) is 17.9. The molecule has 166 valence electrons. The third kappa shape index (κ3) is 5.35. The van der Waals surface area contributed by atoms with E-state index >= 15 is 0 Å². The minimum atomic E-state index is -0.204. The Morgan fingerprint density at radius 3 is 2.59 bits per heavy atom. The zero-order chi connectivity index (χ0) is 22.4. The van der Waals surface area contributed by atoms with Gasteiger partial charge in [0.05, 0.1) is 12.8 Å². The van der Waals surface area contributed by atoms with Gasteiger partial charge in [0.15, 0.2) is 5.96 Å². The fraction of sp³-hybridized carbons (Fsp3) is 0.280. The lowest BCUT2D eigenvalue weighted by Gasteiger charge is -2.19. The number of guanidine groups is 1. The van der Waals surface area contributed by atoms with Crippen molar-refractivity contribution >= 4 is 11.9 Å². The summed E-state index contributed by atoms with van der Waals surface area (Å²) in [5.74, 6) is 1.01. The molecule has 7 heteroatoms. The molecule has 0 spiro atoms. The van der Waals surface area contributed by atoms with Crippen molar-refractivity contribution in [3.05, 3.63) is 95.2 Å². The third-order valence-corrected chi connectivity index (χ3v) is 5.76. The number of nitrogens with one attached hydrogen (secondary N) is 3. The number of benzene rings is 2. The molecular weight excluding hydrogens is 407 g/mol. The van der Waals surface area contributed by atoms with Crippen LogP contribution in [0.3, 0.4) is 0 Å². The number of aliphatic imine (C=N–C) groups is 1. The van der Waals surface area contributed by atoms with E-state index in [2.05, 4.69) is 20.9 Å². The maximum absolute atomic E-state index is 13.6. The Morgan fingerprint density at radius 1 is 1.03 bits per heavy atom. The summed E-state index contributed by atoms with van der Waals surface area (Å²) in [4.78, 5) is 16.7. The minimum absolute atomic E-state index is 0.0360. The molecule has 3 N–H and O–H groups in total. The average Bonchev–Trinajstić information content (AvgIpc) is 3.43. The van der Waals surface area contributed by atoms with Crippen molar-refractivity contribution in [3.8, 4) is 0 Å². The molecule has 1 aliphatic carbocycles. The van der Waals surface area contributed by atoms with Gasteiger partial charge < -0.3 is 20.4 Å². The lowest BCUT2D eigenvalue weighted by Crippen LogP contribution is -2.41. The molecule has 1 saturated carbocycles. The molecule has 0 aliphatic heterocycles. The highest BCUT2D eigenvalue weighted by Gasteiger charge is 2.44. The molecule has 1 amide bonds. The van der Waals surface area contributed by atoms with Gasteiger partial charge in [-0.15, -0.1) is 0 Å². The van der Waals surface area contributed by atoms with Gasteiger partial charge in [0.1, 0.15) is 11.6 Å². The number of amides is 1. The maximum Gasteiger partial charge on any atom is 0.251 e. The minimum Gasteiger partial charge on any atom is -0.467 e. The molecule has 32 heavy (non-hydrogen) atoms. The summed E-state index contributed by atoms with van der Waals surface area (Å²) in [5, 5.41) is 9.50. The van der Waals surface area contributed by atoms with Crippen molar-refractivity contribution in [3.63, 3.8) is 0 Å². The van der Waals surface area contributed by atoms with E-state index in [1.807, 2.05) is 30.3 Å². The molecule has 3 aromatic rings. The highest BCUT2D eigenvalue weighted by Crippen LogP contribution is 2.47. The van der Waals surface area contributed by atoms with E-state index in [0.717, 1.165) is 24.0 Å². The van der Waals surface area contributed by atoms with Crippen LogP contribution in [0.2, 0.25) is 0 Å². The van der Waals surface area contributed by atoms with Gasteiger partial charge in [0.25, 0.3) is 5.91 Å². The molecule has 0 bridgehead atoms. The Morgan fingerprint density at radius 2 is 1.88 bits per heavy atom. The first kappa shape index (κ1) is 21.6. The average molecular weight is 435 g/mol. The Labute approximate surface area is 186 Å². The normalized spacial score (nSPS) is 14.6. The van der Waals surface area contributed by atoms with Gasteiger partial charge in [0, 0.05) is 31.1 Å². The van der Waals surface area contributed by atoms with Gasteiger partial charge in [-0.3, -0.25) is 9.79 Å². The van der Waals surface area contributed by atoms with Crippen LogP contribution in [0.15, 0.2) is 76.3 Å². The summed E-state index contributed by atoms with van der Waals surface area (Å²) in [7, 11) is 1.72. The first-order valence-electron chi connectivity index (χ1n) is 10.7. The number of rotatable bonds is 8. The molecule has 0 saturated heterocycles. The fourth-order valence-corrected chi connectivity index (χ4v) is 3.70. The highest BCUT2D eigenvalue weighted by molar-refractivity contribution is 5.94. The van der Waals surface area contributed by atoms with Crippen molar-refractivity contribution in [2.24, 2.45) is 4.99 Å². The molecule has 0 atom stereocenters. The van der Waals surface area contributed by atoms with Crippen molar-refractivity contribution < 1.29 is 13.6 Å². The van der Waals surface area contributed by atoms with Crippen molar-refractivity contribution in [1.82, 2.24) is 16.0 Å². The summed E-state index contributed by atoms with van der Waals surface area (Å²) in [5.41, 5.74) is 2.53. The van der Waals surface area contributed by atoms with Gasteiger partial charge in [-0.05, 0) is 60.4 Å². The van der Waals surface area contributed by atoms with Crippen LogP contribution in [0.1, 0.15) is 40.1 Å². The highest BCUT2D eigenvalue weighted by atomic mass is 19.1. The zero-order valence-corrected chi connectivity index (χ0v) is 18.0. The Kier molecular flexibility index (Phi) is 6.54. The van der Waals surface area contributed by atoms with Gasteiger partial charge in [-0.25, -0.2) is 4.39 Å². The number of carbonyl (C=O) groups is 1. The van der Waals surface area contributed by atoms with Crippen LogP contribution in [-0.4, -0.2) is 25.5 Å². The molecule has 1 heterocycles. The van der Waals surface area contributed by atoms with Gasteiger partial charge in [-0.2, -0.15) is 0 Å². The SMILES string of the molecule is CN=C(NCc1cccc(C(=O)NCc2ccco2)c1)NCC1(c2cccc(F)c2)CC1. The van der Waals surface area contributed by atoms with Gasteiger partial charge >= 0.3 is 0 Å². The largest absolute Gasteiger partial charge is 0.467 e. The molecular formula is C25H27FN4O2. The Bertz CT molecular complexity index is 1090. The van der Waals surface area contributed by atoms with Crippen LogP contribution in [0, 0.1) is 5.82 Å². The standard InChI is InChI=1S/C25H27FN4O2/c1-27-24(30-17-25(10-11-25)20-7-3-8-21(26)14-20)29-15-18-5-2-6-19(13-18)23(31)28-16-22-9-4-12-32-22/h2-9,12-14H,10-11,15-17H2,1H3,(H,28,31)(H2,27,29,30). The maximum atomic E-state index is 13.6. The topological polar surface area (TPSA) is 78.7 Å². The molecule has 0 unspecified atom stereocenters. The number of hydrogen-bond donors (Lipinski definition) is 3. The molecule has 0 radical (unpaired) electrons. The predicted octanol–water partition coefficient (Wildman–Crippen LogP) is 3.75. The van der Waals surface area contributed by atoms with Crippen molar-refractivity contribution in [2.75, 3.05) is 13.6 Å². The van der Waals surface area contributed by atoms with Crippen LogP contribution < -0.4 is 16.0 Å². The fourth-order valence-electron chi connectivity index (χ4n) is 3.70. The first-order valence-corrected chi connectivity index (χ1v) is 10.7.